The first-order valence-corrected chi connectivity index (χ1v) is 6.51. The largest absolute Gasteiger partial charge is 0.494 e. The van der Waals surface area contributed by atoms with Crippen LogP contribution in [0.1, 0.15) is 43.2 Å². The van der Waals surface area contributed by atoms with E-state index in [-0.39, 0.29) is 17.5 Å². The number of ether oxygens (including phenoxy) is 1. The third kappa shape index (κ3) is 2.40. The monoisotopic (exact) mass is 250 g/mol. The normalized spacial score (nSPS) is 22.4. The summed E-state index contributed by atoms with van der Waals surface area (Å²) in [6.45, 7) is 2.15. The van der Waals surface area contributed by atoms with Gasteiger partial charge in [-0.15, -0.1) is 0 Å². The fourth-order valence-corrected chi connectivity index (χ4v) is 2.93. The number of carbonyl (C=O) groups excluding carboxylic acids is 1. The van der Waals surface area contributed by atoms with Crippen molar-refractivity contribution in [2.45, 2.75) is 38.5 Å². The Balaban J connectivity index is 2.38. The molecule has 0 spiro atoms. The van der Waals surface area contributed by atoms with Crippen LogP contribution >= 0.6 is 0 Å². The van der Waals surface area contributed by atoms with Gasteiger partial charge in [0.05, 0.1) is 7.11 Å². The molecular weight excluding hydrogens is 231 g/mol. The minimum atomic E-state index is -0.378. The number of benzene rings is 1. The maximum atomic E-state index is 13.7. The molecule has 18 heavy (non-hydrogen) atoms. The van der Waals surface area contributed by atoms with E-state index in [0.29, 0.717) is 5.92 Å². The van der Waals surface area contributed by atoms with Gasteiger partial charge in [0.1, 0.15) is 6.29 Å². The Morgan fingerprint density at radius 1 is 1.50 bits per heavy atom. The smallest absolute Gasteiger partial charge is 0.165 e. The third-order valence-corrected chi connectivity index (χ3v) is 3.77. The first-order valence-electron chi connectivity index (χ1n) is 6.51. The highest BCUT2D eigenvalue weighted by molar-refractivity contribution is 5.64. The van der Waals surface area contributed by atoms with Crippen LogP contribution in [0, 0.1) is 11.7 Å². The van der Waals surface area contributed by atoms with E-state index in [9.17, 15) is 9.18 Å². The lowest BCUT2D eigenvalue weighted by molar-refractivity contribution is -0.109. The van der Waals surface area contributed by atoms with Crippen molar-refractivity contribution >= 4 is 6.29 Å². The molecule has 3 heteroatoms. The van der Waals surface area contributed by atoms with Crippen LogP contribution in [0.2, 0.25) is 0 Å². The summed E-state index contributed by atoms with van der Waals surface area (Å²) < 4.78 is 18.7. The average Bonchev–Trinajstić information content (AvgIpc) is 2.38. The minimum absolute atomic E-state index is 0.161. The van der Waals surface area contributed by atoms with Crippen molar-refractivity contribution in [1.82, 2.24) is 0 Å². The van der Waals surface area contributed by atoms with Gasteiger partial charge < -0.3 is 9.53 Å². The van der Waals surface area contributed by atoms with Crippen molar-refractivity contribution in [3.63, 3.8) is 0 Å². The molecule has 1 aromatic rings. The summed E-state index contributed by atoms with van der Waals surface area (Å²) in [6, 6.07) is 3.22. The van der Waals surface area contributed by atoms with Crippen molar-refractivity contribution in [2.24, 2.45) is 5.92 Å². The number of carbonyl (C=O) groups is 1. The second-order valence-electron chi connectivity index (χ2n) is 5.02. The fourth-order valence-electron chi connectivity index (χ4n) is 2.93. The highest BCUT2D eigenvalue weighted by atomic mass is 19.1. The highest BCUT2D eigenvalue weighted by Gasteiger charge is 2.27. The Bertz CT molecular complexity index is 442. The van der Waals surface area contributed by atoms with Gasteiger partial charge in [0, 0.05) is 5.92 Å². The van der Waals surface area contributed by atoms with E-state index in [4.69, 9.17) is 4.74 Å². The summed E-state index contributed by atoms with van der Waals surface area (Å²) in [5.41, 5.74) is 1.91. The standard InChI is InChI=1S/C15H19FO2/c1-3-4-10-5-11-7-15(18-2)14(16)8-13(11)12(6-10)9-17/h7-10,12H,3-6H2,1-2H3. The van der Waals surface area contributed by atoms with E-state index in [1.165, 1.54) is 13.2 Å². The number of hydrogen-bond acceptors (Lipinski definition) is 2. The molecule has 2 atom stereocenters. The van der Waals surface area contributed by atoms with Crippen molar-refractivity contribution in [2.75, 3.05) is 7.11 Å². The molecule has 2 rings (SSSR count). The van der Waals surface area contributed by atoms with Gasteiger partial charge in [0.2, 0.25) is 0 Å². The summed E-state index contributed by atoms with van der Waals surface area (Å²) in [4.78, 5) is 11.2. The van der Waals surface area contributed by atoms with Gasteiger partial charge in [-0.25, -0.2) is 4.39 Å². The topological polar surface area (TPSA) is 26.3 Å². The molecule has 0 saturated heterocycles. The van der Waals surface area contributed by atoms with Gasteiger partial charge in [-0.3, -0.25) is 0 Å². The summed E-state index contributed by atoms with van der Waals surface area (Å²) in [5, 5.41) is 0. The number of aldehydes is 1. The van der Waals surface area contributed by atoms with Gasteiger partial charge in [0.25, 0.3) is 0 Å². The van der Waals surface area contributed by atoms with Gasteiger partial charge >= 0.3 is 0 Å². The molecule has 0 aromatic heterocycles. The predicted molar refractivity (Wildman–Crippen MR) is 68.5 cm³/mol. The van der Waals surface area contributed by atoms with Crippen molar-refractivity contribution < 1.29 is 13.9 Å². The van der Waals surface area contributed by atoms with Crippen molar-refractivity contribution in [3.05, 3.63) is 29.1 Å². The molecule has 1 aliphatic rings. The molecule has 0 heterocycles. The summed E-state index contributed by atoms with van der Waals surface area (Å²) in [7, 11) is 1.47. The summed E-state index contributed by atoms with van der Waals surface area (Å²) in [6.07, 6.45) is 4.94. The van der Waals surface area contributed by atoms with E-state index >= 15 is 0 Å². The van der Waals surface area contributed by atoms with Crippen LogP contribution in [-0.4, -0.2) is 13.4 Å². The van der Waals surface area contributed by atoms with Crippen molar-refractivity contribution in [1.29, 1.82) is 0 Å². The molecule has 0 amide bonds. The lowest BCUT2D eigenvalue weighted by Crippen LogP contribution is -2.20. The van der Waals surface area contributed by atoms with E-state index in [0.717, 1.165) is 43.1 Å². The maximum Gasteiger partial charge on any atom is 0.165 e. The highest BCUT2D eigenvalue weighted by Crippen LogP contribution is 2.38. The fraction of sp³-hybridized carbons (Fsp3) is 0.533. The number of halogens is 1. The van der Waals surface area contributed by atoms with Gasteiger partial charge in [-0.2, -0.15) is 0 Å². The quantitative estimate of drug-likeness (QED) is 0.765. The van der Waals surface area contributed by atoms with E-state index in [1.807, 2.05) is 0 Å². The molecule has 1 aromatic carbocycles. The second-order valence-corrected chi connectivity index (χ2v) is 5.02. The van der Waals surface area contributed by atoms with Crippen LogP contribution in [0.15, 0.2) is 12.1 Å². The van der Waals surface area contributed by atoms with Crippen LogP contribution in [0.4, 0.5) is 4.39 Å². The molecule has 0 aliphatic heterocycles. The number of methoxy groups -OCH3 is 1. The molecule has 98 valence electrons. The van der Waals surface area contributed by atoms with Crippen molar-refractivity contribution in [3.8, 4) is 5.75 Å². The van der Waals surface area contributed by atoms with E-state index in [1.54, 1.807) is 6.07 Å². The average molecular weight is 250 g/mol. The second kappa shape index (κ2) is 5.51. The van der Waals surface area contributed by atoms with E-state index in [2.05, 4.69) is 6.92 Å². The zero-order valence-corrected chi connectivity index (χ0v) is 10.9. The van der Waals surface area contributed by atoms with Gasteiger partial charge in [-0.05, 0) is 42.0 Å². The first-order chi connectivity index (χ1) is 8.69. The predicted octanol–water partition coefficient (Wildman–Crippen LogP) is 3.48. The maximum absolute atomic E-state index is 13.7. The zero-order valence-electron chi connectivity index (χ0n) is 10.9. The van der Waals surface area contributed by atoms with Crippen LogP contribution in [0.25, 0.3) is 0 Å². The van der Waals surface area contributed by atoms with Crippen LogP contribution in [-0.2, 0) is 11.2 Å². The van der Waals surface area contributed by atoms with Crippen LogP contribution in [0.5, 0.6) is 5.75 Å². The van der Waals surface area contributed by atoms with Crippen LogP contribution < -0.4 is 4.74 Å². The Morgan fingerprint density at radius 2 is 2.28 bits per heavy atom. The Morgan fingerprint density at radius 3 is 2.89 bits per heavy atom. The molecule has 0 radical (unpaired) electrons. The Hall–Kier alpha value is -1.38. The van der Waals surface area contributed by atoms with E-state index < -0.39 is 0 Å². The first kappa shape index (κ1) is 13.1. The molecule has 0 N–H and O–H groups in total. The molecule has 1 aliphatic carbocycles. The Kier molecular flexibility index (Phi) is 4.00. The molecule has 2 nitrogen and oxygen atoms in total. The van der Waals surface area contributed by atoms with Crippen LogP contribution in [0.3, 0.4) is 0 Å². The number of fused-ring (bicyclic) bond motifs is 1. The molecule has 0 fully saturated rings. The van der Waals surface area contributed by atoms with Gasteiger partial charge in [-0.1, -0.05) is 19.8 Å². The number of hydrogen-bond donors (Lipinski definition) is 0. The molecule has 0 saturated carbocycles. The summed E-state index contributed by atoms with van der Waals surface area (Å²) >= 11 is 0. The molecule has 2 unspecified atom stereocenters. The lowest BCUT2D eigenvalue weighted by atomic mass is 9.76. The summed E-state index contributed by atoms with van der Waals surface area (Å²) in [5.74, 6) is 0.256. The SMILES string of the molecule is CCCC1Cc2cc(OC)c(F)cc2C(C=O)C1. The molecular formula is C15H19FO2. The molecule has 0 bridgehead atoms. The number of rotatable bonds is 4. The lowest BCUT2D eigenvalue weighted by Gasteiger charge is -2.29. The minimum Gasteiger partial charge on any atom is -0.494 e. The third-order valence-electron chi connectivity index (χ3n) is 3.77. The zero-order chi connectivity index (χ0) is 13.1. The van der Waals surface area contributed by atoms with Gasteiger partial charge in [0.15, 0.2) is 11.6 Å². The Labute approximate surface area is 107 Å².